The molecule has 0 unspecified atom stereocenters. The van der Waals surface area contributed by atoms with Crippen LogP contribution in [0.1, 0.15) is 54.7 Å². The molecule has 4 heterocycles. The van der Waals surface area contributed by atoms with Gasteiger partial charge in [-0.3, -0.25) is 5.10 Å². The summed E-state index contributed by atoms with van der Waals surface area (Å²) in [6.45, 7) is 8.52. The lowest BCUT2D eigenvalue weighted by molar-refractivity contribution is 0.567. The molecule has 138 valence electrons. The first-order valence-electron chi connectivity index (χ1n) is 9.15. The van der Waals surface area contributed by atoms with Gasteiger partial charge in [0.1, 0.15) is 11.5 Å². The van der Waals surface area contributed by atoms with Crippen molar-refractivity contribution in [1.82, 2.24) is 30.1 Å². The Morgan fingerprint density at radius 2 is 1.74 bits per heavy atom. The van der Waals surface area contributed by atoms with Gasteiger partial charge in [-0.05, 0) is 35.7 Å². The number of rotatable bonds is 4. The fraction of sp³-hybridized carbons (Fsp3) is 0.333. The Hall–Kier alpha value is -3.02. The molecule has 0 fully saturated rings. The second-order valence-electron chi connectivity index (χ2n) is 8.11. The maximum atomic E-state index is 4.54. The molecular weight excluding hydrogens is 336 g/mol. The molecule has 0 aliphatic carbocycles. The first-order valence-corrected chi connectivity index (χ1v) is 9.15. The Bertz CT molecular complexity index is 1070. The Morgan fingerprint density at radius 1 is 0.963 bits per heavy atom. The molecule has 27 heavy (non-hydrogen) atoms. The number of hydrogen-bond donors (Lipinski definition) is 2. The van der Waals surface area contributed by atoms with Gasteiger partial charge in [-0.1, -0.05) is 20.8 Å². The van der Waals surface area contributed by atoms with Crippen molar-refractivity contribution in [3.8, 4) is 0 Å². The van der Waals surface area contributed by atoms with E-state index in [0.29, 0.717) is 6.42 Å². The smallest absolute Gasteiger partial charge is 0.137 e. The van der Waals surface area contributed by atoms with E-state index in [1.54, 1.807) is 0 Å². The van der Waals surface area contributed by atoms with E-state index in [9.17, 15) is 0 Å². The molecule has 0 saturated carbocycles. The average Bonchev–Trinajstić information content (AvgIpc) is 3.24. The third-order valence-corrected chi connectivity index (χ3v) is 4.65. The number of fused-ring (bicyclic) bond motifs is 1. The van der Waals surface area contributed by atoms with E-state index in [1.165, 1.54) is 5.56 Å². The Labute approximate surface area is 158 Å². The molecule has 0 radical (unpaired) electrons. The molecule has 0 spiro atoms. The summed E-state index contributed by atoms with van der Waals surface area (Å²) in [4.78, 5) is 16.7. The van der Waals surface area contributed by atoms with Crippen LogP contribution < -0.4 is 0 Å². The molecular formula is C21H24N6. The summed E-state index contributed by atoms with van der Waals surface area (Å²) in [5, 5.41) is 8.65. The molecule has 0 saturated heterocycles. The van der Waals surface area contributed by atoms with E-state index in [1.807, 2.05) is 24.8 Å². The van der Waals surface area contributed by atoms with Crippen molar-refractivity contribution >= 4 is 11.0 Å². The number of aromatic nitrogens is 6. The van der Waals surface area contributed by atoms with E-state index in [2.05, 4.69) is 70.0 Å². The molecule has 4 rings (SSSR count). The zero-order chi connectivity index (χ0) is 19.0. The largest absolute Gasteiger partial charge is 0.346 e. The van der Waals surface area contributed by atoms with Crippen molar-refractivity contribution in [3.63, 3.8) is 0 Å². The lowest BCUT2D eigenvalue weighted by atomic mass is 9.92. The summed E-state index contributed by atoms with van der Waals surface area (Å²) in [5.41, 5.74) is 6.49. The lowest BCUT2D eigenvalue weighted by Crippen LogP contribution is -2.11. The van der Waals surface area contributed by atoms with Crippen molar-refractivity contribution in [3.05, 3.63) is 70.8 Å². The van der Waals surface area contributed by atoms with Crippen LogP contribution in [0, 0.1) is 6.92 Å². The van der Waals surface area contributed by atoms with E-state index in [0.717, 1.165) is 45.8 Å². The van der Waals surface area contributed by atoms with Crippen molar-refractivity contribution in [2.75, 3.05) is 0 Å². The van der Waals surface area contributed by atoms with Gasteiger partial charge in [0.25, 0.3) is 0 Å². The maximum absolute atomic E-state index is 4.54. The zero-order valence-corrected chi connectivity index (χ0v) is 16.2. The molecule has 6 nitrogen and oxygen atoms in total. The normalized spacial score (nSPS) is 12.0. The molecule has 0 atom stereocenters. The first kappa shape index (κ1) is 17.4. The molecule has 0 bridgehead atoms. The topological polar surface area (TPSA) is 83.1 Å². The highest BCUT2D eigenvalue weighted by molar-refractivity contribution is 5.80. The number of pyridine rings is 1. The Morgan fingerprint density at radius 3 is 2.44 bits per heavy atom. The van der Waals surface area contributed by atoms with E-state index >= 15 is 0 Å². The SMILES string of the molecule is Cc1cnc2[nH]cc(Cc3cnc(Cc4cc(C(C)(C)C)n[nH]4)nc3)c2c1. The van der Waals surface area contributed by atoms with Crippen LogP contribution in [0.5, 0.6) is 0 Å². The standard InChI is InChI=1S/C21H24N6/c1-13-5-17-15(12-25-20(17)24-9-13)6-14-10-22-19(23-11-14)8-16-7-18(27-26-16)21(2,3)4/h5,7,9-12H,6,8H2,1-4H3,(H,24,25)(H,26,27). The van der Waals surface area contributed by atoms with Crippen LogP contribution in [0.2, 0.25) is 0 Å². The van der Waals surface area contributed by atoms with Gasteiger partial charge < -0.3 is 4.98 Å². The monoisotopic (exact) mass is 360 g/mol. The van der Waals surface area contributed by atoms with Crippen LogP contribution in [0.4, 0.5) is 0 Å². The van der Waals surface area contributed by atoms with Gasteiger partial charge in [-0.15, -0.1) is 0 Å². The van der Waals surface area contributed by atoms with Gasteiger partial charge in [0, 0.05) is 54.1 Å². The second-order valence-corrected chi connectivity index (χ2v) is 8.11. The quantitative estimate of drug-likeness (QED) is 0.579. The fourth-order valence-electron chi connectivity index (χ4n) is 3.10. The molecule has 4 aromatic heterocycles. The van der Waals surface area contributed by atoms with Gasteiger partial charge >= 0.3 is 0 Å². The van der Waals surface area contributed by atoms with Crippen LogP contribution in [0.3, 0.4) is 0 Å². The van der Waals surface area contributed by atoms with E-state index in [4.69, 9.17) is 0 Å². The highest BCUT2D eigenvalue weighted by atomic mass is 15.1. The molecule has 0 amide bonds. The predicted octanol–water partition coefficient (Wildman–Crippen LogP) is 3.86. The van der Waals surface area contributed by atoms with Crippen LogP contribution in [-0.2, 0) is 18.3 Å². The summed E-state index contributed by atoms with van der Waals surface area (Å²) in [7, 11) is 0. The first-order chi connectivity index (χ1) is 12.9. The summed E-state index contributed by atoms with van der Waals surface area (Å²) >= 11 is 0. The summed E-state index contributed by atoms with van der Waals surface area (Å²) < 4.78 is 0. The van der Waals surface area contributed by atoms with Gasteiger partial charge in [0.05, 0.1) is 5.69 Å². The van der Waals surface area contributed by atoms with Gasteiger partial charge in [0.15, 0.2) is 0 Å². The number of H-pyrrole nitrogens is 2. The molecule has 0 aromatic carbocycles. The van der Waals surface area contributed by atoms with Crippen molar-refractivity contribution < 1.29 is 0 Å². The van der Waals surface area contributed by atoms with Crippen LogP contribution in [0.15, 0.2) is 36.9 Å². The summed E-state index contributed by atoms with van der Waals surface area (Å²) in [6.07, 6.45) is 9.14. The summed E-state index contributed by atoms with van der Waals surface area (Å²) in [5.74, 6) is 0.791. The van der Waals surface area contributed by atoms with Gasteiger partial charge in [-0.25, -0.2) is 15.0 Å². The van der Waals surface area contributed by atoms with Crippen molar-refractivity contribution in [2.45, 2.75) is 46.0 Å². The average molecular weight is 360 g/mol. The molecule has 0 aliphatic heterocycles. The fourth-order valence-corrected chi connectivity index (χ4v) is 3.10. The van der Waals surface area contributed by atoms with Crippen molar-refractivity contribution in [1.29, 1.82) is 0 Å². The number of nitrogens with zero attached hydrogens (tertiary/aromatic N) is 4. The highest BCUT2D eigenvalue weighted by Crippen LogP contribution is 2.22. The molecule has 4 aromatic rings. The minimum absolute atomic E-state index is 0.0337. The lowest BCUT2D eigenvalue weighted by Gasteiger charge is -2.13. The Balaban J connectivity index is 1.49. The van der Waals surface area contributed by atoms with Crippen LogP contribution in [0.25, 0.3) is 11.0 Å². The van der Waals surface area contributed by atoms with Gasteiger partial charge in [-0.2, -0.15) is 5.10 Å². The van der Waals surface area contributed by atoms with Crippen LogP contribution in [-0.4, -0.2) is 30.1 Å². The van der Waals surface area contributed by atoms with E-state index in [-0.39, 0.29) is 5.41 Å². The molecule has 6 heteroatoms. The summed E-state index contributed by atoms with van der Waals surface area (Å²) in [6, 6.07) is 4.26. The Kier molecular flexibility index (Phi) is 4.26. The number of aromatic amines is 2. The van der Waals surface area contributed by atoms with Crippen molar-refractivity contribution in [2.24, 2.45) is 0 Å². The zero-order valence-electron chi connectivity index (χ0n) is 16.2. The second kappa shape index (κ2) is 6.61. The highest BCUT2D eigenvalue weighted by Gasteiger charge is 2.17. The third-order valence-electron chi connectivity index (χ3n) is 4.65. The maximum Gasteiger partial charge on any atom is 0.137 e. The molecule has 0 aliphatic rings. The minimum atomic E-state index is 0.0337. The molecule has 2 N–H and O–H groups in total. The van der Waals surface area contributed by atoms with Crippen LogP contribution >= 0.6 is 0 Å². The minimum Gasteiger partial charge on any atom is -0.346 e. The third kappa shape index (κ3) is 3.74. The number of aryl methyl sites for hydroxylation is 1. The predicted molar refractivity (Wildman–Crippen MR) is 106 cm³/mol. The van der Waals surface area contributed by atoms with E-state index < -0.39 is 0 Å². The van der Waals surface area contributed by atoms with Gasteiger partial charge in [0.2, 0.25) is 0 Å². The number of hydrogen-bond acceptors (Lipinski definition) is 4. The number of nitrogens with one attached hydrogen (secondary N) is 2.